The number of thiazole rings is 1. The van der Waals surface area contributed by atoms with Crippen molar-refractivity contribution < 1.29 is 28.6 Å². The largest absolute Gasteiger partial charge is 0.493 e. The van der Waals surface area contributed by atoms with Crippen molar-refractivity contribution in [1.29, 1.82) is 0 Å². The van der Waals surface area contributed by atoms with Gasteiger partial charge >= 0.3 is 0 Å². The SMILES string of the molecule is COc1cc(C(=O)N2CCCC2C(=O)Nc2nccs2)cc(OC)c1OCC(N)=O. The van der Waals surface area contributed by atoms with Crippen molar-refractivity contribution in [1.82, 2.24) is 9.88 Å². The van der Waals surface area contributed by atoms with Gasteiger partial charge in [0.1, 0.15) is 6.04 Å². The number of primary amides is 1. The molecular weight excluding hydrogens is 412 g/mol. The van der Waals surface area contributed by atoms with Crippen LogP contribution in [-0.4, -0.2) is 61.0 Å². The number of likely N-dealkylation sites (tertiary alicyclic amines) is 1. The number of benzene rings is 1. The van der Waals surface area contributed by atoms with Crippen LogP contribution in [0, 0.1) is 0 Å². The summed E-state index contributed by atoms with van der Waals surface area (Å²) in [4.78, 5) is 42.4. The smallest absolute Gasteiger partial charge is 0.255 e. The van der Waals surface area contributed by atoms with Crippen molar-refractivity contribution >= 4 is 34.2 Å². The van der Waals surface area contributed by atoms with Gasteiger partial charge in [-0.05, 0) is 25.0 Å². The number of carbonyl (C=O) groups excluding carboxylic acids is 3. The van der Waals surface area contributed by atoms with Gasteiger partial charge in [-0.2, -0.15) is 0 Å². The number of nitrogens with zero attached hydrogens (tertiary/aromatic N) is 2. The van der Waals surface area contributed by atoms with Gasteiger partial charge in [-0.3, -0.25) is 14.4 Å². The van der Waals surface area contributed by atoms with E-state index in [2.05, 4.69) is 10.3 Å². The van der Waals surface area contributed by atoms with E-state index in [0.29, 0.717) is 24.5 Å². The van der Waals surface area contributed by atoms with Crippen molar-refractivity contribution in [2.24, 2.45) is 5.73 Å². The third-order valence-electron chi connectivity index (χ3n) is 4.55. The average molecular weight is 434 g/mol. The summed E-state index contributed by atoms with van der Waals surface area (Å²) >= 11 is 1.31. The highest BCUT2D eigenvalue weighted by Gasteiger charge is 2.35. The topological polar surface area (TPSA) is 133 Å². The Hall–Kier alpha value is -3.34. The fraction of sp³-hybridized carbons (Fsp3) is 0.368. The van der Waals surface area contributed by atoms with E-state index >= 15 is 0 Å². The van der Waals surface area contributed by atoms with Crippen LogP contribution >= 0.6 is 11.3 Å². The monoisotopic (exact) mass is 434 g/mol. The summed E-state index contributed by atoms with van der Waals surface area (Å²) in [6, 6.07) is 2.36. The van der Waals surface area contributed by atoms with Crippen molar-refractivity contribution in [2.45, 2.75) is 18.9 Å². The molecule has 3 amide bonds. The van der Waals surface area contributed by atoms with E-state index in [0.717, 1.165) is 0 Å². The lowest BCUT2D eigenvalue weighted by Gasteiger charge is -2.24. The van der Waals surface area contributed by atoms with Crippen molar-refractivity contribution in [3.63, 3.8) is 0 Å². The van der Waals surface area contributed by atoms with Crippen LogP contribution in [0.3, 0.4) is 0 Å². The highest BCUT2D eigenvalue weighted by Crippen LogP contribution is 2.39. The lowest BCUT2D eigenvalue weighted by Crippen LogP contribution is -2.43. The molecule has 1 unspecified atom stereocenters. The third-order valence-corrected chi connectivity index (χ3v) is 5.23. The molecule has 0 aliphatic carbocycles. The predicted octanol–water partition coefficient (Wildman–Crippen LogP) is 1.27. The average Bonchev–Trinajstić information content (AvgIpc) is 3.42. The summed E-state index contributed by atoms with van der Waals surface area (Å²) in [6.07, 6.45) is 2.85. The van der Waals surface area contributed by atoms with E-state index in [1.807, 2.05) is 0 Å². The van der Waals surface area contributed by atoms with Crippen LogP contribution in [0.15, 0.2) is 23.7 Å². The maximum atomic E-state index is 13.2. The molecule has 10 nitrogen and oxygen atoms in total. The molecule has 1 aromatic heterocycles. The summed E-state index contributed by atoms with van der Waals surface area (Å²) in [5.41, 5.74) is 5.40. The Bertz CT molecular complexity index is 908. The molecule has 0 radical (unpaired) electrons. The van der Waals surface area contributed by atoms with Crippen molar-refractivity contribution in [3.8, 4) is 17.2 Å². The highest BCUT2D eigenvalue weighted by molar-refractivity contribution is 7.13. The van der Waals surface area contributed by atoms with E-state index in [4.69, 9.17) is 19.9 Å². The fourth-order valence-electron chi connectivity index (χ4n) is 3.21. The van der Waals surface area contributed by atoms with Gasteiger partial charge in [0.05, 0.1) is 14.2 Å². The van der Waals surface area contributed by atoms with E-state index in [-0.39, 0.29) is 41.2 Å². The van der Waals surface area contributed by atoms with Gasteiger partial charge in [0.15, 0.2) is 23.2 Å². The minimum atomic E-state index is -0.662. The minimum absolute atomic E-state index is 0.162. The van der Waals surface area contributed by atoms with Crippen molar-refractivity contribution in [3.05, 3.63) is 29.3 Å². The van der Waals surface area contributed by atoms with Crippen LogP contribution in [0.4, 0.5) is 5.13 Å². The number of methoxy groups -OCH3 is 2. The molecule has 1 atom stereocenters. The fourth-order valence-corrected chi connectivity index (χ4v) is 3.74. The minimum Gasteiger partial charge on any atom is -0.493 e. The quantitative estimate of drug-likeness (QED) is 0.639. The summed E-state index contributed by atoms with van der Waals surface area (Å²) < 4.78 is 16.0. The summed E-state index contributed by atoms with van der Waals surface area (Å²) in [6.45, 7) is 0.0739. The number of nitrogens with one attached hydrogen (secondary N) is 1. The number of amides is 3. The van der Waals surface area contributed by atoms with Crippen molar-refractivity contribution in [2.75, 3.05) is 32.7 Å². The van der Waals surface area contributed by atoms with Crippen LogP contribution in [0.2, 0.25) is 0 Å². The molecule has 1 aliphatic heterocycles. The molecule has 160 valence electrons. The number of hydrogen-bond acceptors (Lipinski definition) is 8. The van der Waals surface area contributed by atoms with E-state index in [9.17, 15) is 14.4 Å². The number of nitrogens with two attached hydrogens (primary N) is 1. The van der Waals surface area contributed by atoms with Gasteiger partial charge in [0.2, 0.25) is 11.7 Å². The summed E-state index contributed by atoms with van der Waals surface area (Å²) in [5.74, 6) is -0.704. The zero-order valence-corrected chi connectivity index (χ0v) is 17.4. The van der Waals surface area contributed by atoms with E-state index in [1.54, 1.807) is 11.6 Å². The number of anilines is 1. The lowest BCUT2D eigenvalue weighted by atomic mass is 10.1. The first-order chi connectivity index (χ1) is 14.4. The van der Waals surface area contributed by atoms with Gasteiger partial charge in [0.25, 0.3) is 11.8 Å². The van der Waals surface area contributed by atoms with E-state index in [1.165, 1.54) is 42.6 Å². The second kappa shape index (κ2) is 9.44. The van der Waals surface area contributed by atoms with Crippen LogP contribution in [0.5, 0.6) is 17.2 Å². The maximum Gasteiger partial charge on any atom is 0.255 e. The third kappa shape index (κ3) is 4.62. The molecule has 3 N–H and O–H groups in total. The molecule has 1 aromatic carbocycles. The maximum absolute atomic E-state index is 13.2. The molecule has 2 heterocycles. The molecule has 0 bridgehead atoms. The van der Waals surface area contributed by atoms with Gasteiger partial charge < -0.3 is 30.2 Å². The Morgan fingerprint density at radius 1 is 1.27 bits per heavy atom. The lowest BCUT2D eigenvalue weighted by molar-refractivity contribution is -0.120. The molecule has 11 heteroatoms. The molecular formula is C19H22N4O6S. The molecule has 2 aromatic rings. The number of rotatable bonds is 8. The second-order valence-corrected chi connectivity index (χ2v) is 7.34. The van der Waals surface area contributed by atoms with Gasteiger partial charge in [-0.25, -0.2) is 4.98 Å². The Balaban J connectivity index is 1.84. The van der Waals surface area contributed by atoms with Crippen LogP contribution in [-0.2, 0) is 9.59 Å². The number of aromatic nitrogens is 1. The number of carbonyl (C=O) groups is 3. The van der Waals surface area contributed by atoms with E-state index < -0.39 is 11.9 Å². The standard InChI is InChI=1S/C19H22N4O6S/c1-27-13-8-11(9-14(28-2)16(13)29-10-15(20)24)18(26)23-6-3-4-12(23)17(25)22-19-21-5-7-30-19/h5,7-9,12H,3-4,6,10H2,1-2H3,(H2,20,24)(H,21,22,25). The second-order valence-electron chi connectivity index (χ2n) is 6.45. The van der Waals surface area contributed by atoms with Crippen LogP contribution in [0.1, 0.15) is 23.2 Å². The zero-order chi connectivity index (χ0) is 21.7. The summed E-state index contributed by atoms with van der Waals surface area (Å²) in [5, 5.41) is 4.99. The molecule has 1 fully saturated rings. The molecule has 0 spiro atoms. The first kappa shape index (κ1) is 21.4. The van der Waals surface area contributed by atoms with Gasteiger partial charge in [-0.1, -0.05) is 0 Å². The Morgan fingerprint density at radius 3 is 2.53 bits per heavy atom. The first-order valence-corrected chi connectivity index (χ1v) is 10.0. The van der Waals surface area contributed by atoms with Crippen LogP contribution in [0.25, 0.3) is 0 Å². The normalized spacial score (nSPS) is 15.5. The highest BCUT2D eigenvalue weighted by atomic mass is 32.1. The Morgan fingerprint density at radius 2 is 1.97 bits per heavy atom. The Kier molecular flexibility index (Phi) is 6.72. The Labute approximate surface area is 176 Å². The van der Waals surface area contributed by atoms with Crippen LogP contribution < -0.4 is 25.3 Å². The first-order valence-electron chi connectivity index (χ1n) is 9.13. The predicted molar refractivity (Wildman–Crippen MR) is 109 cm³/mol. The molecule has 30 heavy (non-hydrogen) atoms. The summed E-state index contributed by atoms with van der Waals surface area (Å²) in [7, 11) is 2.81. The van der Waals surface area contributed by atoms with Gasteiger partial charge in [0, 0.05) is 23.7 Å². The van der Waals surface area contributed by atoms with Gasteiger partial charge in [-0.15, -0.1) is 11.3 Å². The molecule has 0 saturated carbocycles. The number of ether oxygens (including phenoxy) is 3. The zero-order valence-electron chi connectivity index (χ0n) is 16.5. The molecule has 3 rings (SSSR count). The number of hydrogen-bond donors (Lipinski definition) is 2. The molecule has 1 saturated heterocycles. The molecule has 1 aliphatic rings.